The number of aryl methyl sites for hydroxylation is 4. The molecule has 0 saturated carbocycles. The van der Waals surface area contributed by atoms with Gasteiger partial charge in [0, 0.05) is 74.6 Å². The number of Topliss-reactive ketones (excluding diaryl/α,β-unsaturated/α-hetero) is 1. The molecule has 4 N–H and O–H groups in total. The third-order valence-electron chi connectivity index (χ3n) is 26.4. The summed E-state index contributed by atoms with van der Waals surface area (Å²) < 4.78 is 43.1. The Balaban J connectivity index is 0.000000158. The van der Waals surface area contributed by atoms with Gasteiger partial charge in [0.1, 0.15) is 22.4 Å². The second-order valence-electron chi connectivity index (χ2n) is 32.1. The summed E-state index contributed by atoms with van der Waals surface area (Å²) in [5, 5.41) is 46.7. The number of hydrogen-bond acceptors (Lipinski definition) is 20. The highest BCUT2D eigenvalue weighted by molar-refractivity contribution is 6.08. The van der Waals surface area contributed by atoms with Crippen LogP contribution < -0.4 is 0 Å². The predicted molar refractivity (Wildman–Crippen MR) is 435 cm³/mol. The summed E-state index contributed by atoms with van der Waals surface area (Å²) in [6, 6.07) is 19.9. The number of allylic oxidation sites excluding steroid dienone is 7. The Bertz CT molecular complexity index is 4760. The molecule has 12 aliphatic rings. The van der Waals surface area contributed by atoms with Crippen LogP contribution in [-0.2, 0) is 60.7 Å². The van der Waals surface area contributed by atoms with E-state index in [-0.39, 0.29) is 42.0 Å². The van der Waals surface area contributed by atoms with E-state index in [0.29, 0.717) is 110 Å². The number of hydrogen-bond donors (Lipinski definition) is 4. The molecule has 16 atom stereocenters. The van der Waals surface area contributed by atoms with Gasteiger partial charge in [-0.05, 0) is 233 Å². The zero-order valence-electron chi connectivity index (χ0n) is 72.2. The first-order chi connectivity index (χ1) is 55.0. The van der Waals surface area contributed by atoms with Gasteiger partial charge in [0.25, 0.3) is 0 Å². The first kappa shape index (κ1) is 80.2. The van der Waals surface area contributed by atoms with E-state index in [4.69, 9.17) is 53.5 Å². The summed E-state index contributed by atoms with van der Waals surface area (Å²) in [7, 11) is 1.68. The fourth-order valence-corrected chi connectivity index (χ4v) is 20.6. The fourth-order valence-electron chi connectivity index (χ4n) is 20.6. The van der Waals surface area contributed by atoms with Crippen molar-refractivity contribution in [3.8, 4) is 0 Å². The number of carbonyl (C=O) groups is 1. The molecule has 598 valence electrons. The van der Waals surface area contributed by atoms with Crippen molar-refractivity contribution in [3.63, 3.8) is 0 Å². The van der Waals surface area contributed by atoms with Crippen LogP contribution in [0.15, 0.2) is 152 Å². The van der Waals surface area contributed by atoms with Crippen LogP contribution >= 0.6 is 0 Å². The minimum atomic E-state index is -1.17. The molecule has 112 heavy (non-hydrogen) atoms. The van der Waals surface area contributed by atoms with Crippen molar-refractivity contribution in [1.29, 1.82) is 0 Å². The van der Waals surface area contributed by atoms with E-state index in [1.54, 1.807) is 14.0 Å². The highest BCUT2D eigenvalue weighted by Crippen LogP contribution is 2.55. The lowest BCUT2D eigenvalue weighted by molar-refractivity contribution is -0.193. The molecule has 0 unspecified atom stereocenters. The van der Waals surface area contributed by atoms with E-state index in [1.807, 2.05) is 126 Å². The number of ketones is 1. The zero-order valence-corrected chi connectivity index (χ0v) is 68.2. The second-order valence-corrected chi connectivity index (χ2v) is 32.1. The molecule has 0 spiro atoms. The Labute approximate surface area is 668 Å². The van der Waals surface area contributed by atoms with Gasteiger partial charge in [0.05, 0.1) is 88.5 Å². The molecule has 20 nitrogen and oxygen atoms in total. The number of methoxy groups -OCH3 is 1. The van der Waals surface area contributed by atoms with Gasteiger partial charge in [-0.25, -0.2) is 0 Å². The molecule has 0 bridgehead atoms. The van der Waals surface area contributed by atoms with Crippen LogP contribution in [0.3, 0.4) is 0 Å². The Morgan fingerprint density at radius 1 is 0.473 bits per heavy atom. The van der Waals surface area contributed by atoms with E-state index < -0.39 is 46.5 Å². The summed E-state index contributed by atoms with van der Waals surface area (Å²) in [6.45, 7) is 39.1. The third-order valence-corrected chi connectivity index (χ3v) is 26.4. The maximum atomic E-state index is 12.3. The Morgan fingerprint density at radius 2 is 0.750 bits per heavy atom. The zero-order chi connectivity index (χ0) is 85.2. The van der Waals surface area contributed by atoms with E-state index in [2.05, 4.69) is 93.7 Å². The molecular formula is C92H118N8O12. The number of piperidine rings is 8. The van der Waals surface area contributed by atoms with Crippen LogP contribution in [0.4, 0.5) is 22.7 Å². The van der Waals surface area contributed by atoms with Gasteiger partial charge in [-0.1, -0.05) is 124 Å². The van der Waals surface area contributed by atoms with E-state index in [1.165, 1.54) is 16.7 Å². The van der Waals surface area contributed by atoms with Gasteiger partial charge in [0.2, 0.25) is 0 Å². The van der Waals surface area contributed by atoms with Gasteiger partial charge in [-0.2, -0.15) is 28.8 Å². The Kier molecular flexibility index (Phi) is 26.0. The normalized spacial score (nSPS) is 34.8. The maximum Gasteiger partial charge on any atom is 0.373 e. The SMILES string of the molecule is O=C=O.O=C=O.O=C=O.[2H][C@@]12C[C@H](/C(C)=C\C)[C@@H](C=C)CN1CC[C@@]1(O)C2=Nc2cccc(C)c21.[2H][C@@]12C[C@H](/C(C)=C\C)[C@H](CC)CN1CC[C@@]1(O)C2=Nc2cccc(C)c21.[2H][C@@]12C[C@H](/C(C)=C\OC)[C@@H](CC)CN1CC[C@@]1(O)C2=Nc2cccc(C)c21.[2H][C@]12C[C@H](/C(=C\C)C(C)=O)[C@H](CC)CN1CC[C@@]1(O)C2=Nc2cccc(C)c21. The summed E-state index contributed by atoms with van der Waals surface area (Å²) >= 11 is 0. The highest BCUT2D eigenvalue weighted by Gasteiger charge is 2.58. The molecule has 0 aromatic heterocycles. The van der Waals surface area contributed by atoms with Crippen molar-refractivity contribution in [3.05, 3.63) is 177 Å². The summed E-state index contributed by atoms with van der Waals surface area (Å²) in [5.41, 5.74) is 13.8. The number of benzene rings is 4. The number of nitrogens with zero attached hydrogens (tertiary/aromatic N) is 8. The molecular weight excluding hydrogens is 1410 g/mol. The lowest BCUT2D eigenvalue weighted by atomic mass is 9.69. The van der Waals surface area contributed by atoms with Gasteiger partial charge in [-0.15, -0.1) is 6.58 Å². The standard InChI is InChI=1S/C23H30N2O2.C22H30N2O2.C22H30N2O.C22H28N2O.3CO2/c1-5-16-13-25-11-10-23(27)21-14(3)8-7-9-19(21)24-22(23)20(25)12-18(16)17(6-2)15(4)26;1-5-16-12-24-10-9-22(25)20-14(2)7-6-8-18(20)23-21(22)19(24)11-17(16)15(3)13-26-4;2*1-5-14(3)17-12-19-21-22(25,10-11-24(19)13-16(17)6-2)20-15(4)8-7-9-18(20)23-21;3*2-1-3/h6-9,16,18,20,27H,5,10-13H2,1-4H3;6-8,13,16-17,19,25H,5,9-12H2,1-4H3;5,7-9,16-17,19,25H,6,10-13H2,1-4H3;5-9,16-17,19,25H,2,10-13H2,1,3-4H3;;;/b17-6-;15-13-;2*14-5-;;;/t16-,18+,20-,23+;16-,17+,19-,22-;16-,17-,19+,22+;16-,17+,19-,22-;;;/m1010.../s1/i20D;3*19D;;;. The van der Waals surface area contributed by atoms with E-state index >= 15 is 0 Å². The average molecular weight is 1530 g/mol. The molecule has 0 radical (unpaired) electrons. The molecule has 12 heterocycles. The largest absolute Gasteiger partial charge is 0.504 e. The lowest BCUT2D eigenvalue weighted by Gasteiger charge is -2.50. The number of aliphatic imine (C=N–C) groups is 4. The summed E-state index contributed by atoms with van der Waals surface area (Å²) in [6.07, 6.45) is 18.9. The molecule has 4 aromatic rings. The van der Waals surface area contributed by atoms with Crippen molar-refractivity contribution in [2.75, 3.05) is 59.5 Å². The Hall–Kier alpha value is -8.45. The highest BCUT2D eigenvalue weighted by atomic mass is 16.5. The van der Waals surface area contributed by atoms with Gasteiger partial charge >= 0.3 is 18.5 Å². The van der Waals surface area contributed by atoms with Crippen molar-refractivity contribution in [2.45, 2.75) is 214 Å². The third kappa shape index (κ3) is 16.1. The molecule has 12 aliphatic heterocycles. The molecule has 8 saturated heterocycles. The fraction of sp³-hybridized carbons (Fsp3) is 0.543. The van der Waals surface area contributed by atoms with Gasteiger partial charge < -0.3 is 25.2 Å². The predicted octanol–water partition coefficient (Wildman–Crippen LogP) is 14.6. The molecule has 8 fully saturated rings. The van der Waals surface area contributed by atoms with Crippen LogP contribution in [0.2, 0.25) is 0 Å². The lowest BCUT2D eigenvalue weighted by Crippen LogP contribution is -2.60. The van der Waals surface area contributed by atoms with Crippen LogP contribution in [-0.4, -0.2) is 171 Å². The van der Waals surface area contributed by atoms with Crippen molar-refractivity contribution >= 4 is 69.8 Å². The first-order valence-corrected chi connectivity index (χ1v) is 40.0. The minimum Gasteiger partial charge on any atom is -0.504 e. The van der Waals surface area contributed by atoms with E-state index in [9.17, 15) is 30.7 Å². The summed E-state index contributed by atoms with van der Waals surface area (Å²) in [5.74, 6) is 2.76. The molecule has 4 aromatic carbocycles. The number of fused-ring (bicyclic) bond motifs is 20. The Morgan fingerprint density at radius 3 is 1.03 bits per heavy atom. The quantitative estimate of drug-likeness (QED) is 0.0653. The van der Waals surface area contributed by atoms with Gasteiger partial charge in [0.15, 0.2) is 5.78 Å². The van der Waals surface area contributed by atoms with Crippen LogP contribution in [0.25, 0.3) is 0 Å². The number of rotatable bonds is 10. The van der Waals surface area contributed by atoms with E-state index in [0.717, 1.165) is 138 Å². The van der Waals surface area contributed by atoms with Crippen molar-refractivity contribution < 1.29 is 64.2 Å². The number of carbonyl (C=O) groups excluding carboxylic acids is 7. The second kappa shape index (κ2) is 36.4. The van der Waals surface area contributed by atoms with Crippen molar-refractivity contribution in [2.24, 2.45) is 67.3 Å². The molecule has 20 heteroatoms. The summed E-state index contributed by atoms with van der Waals surface area (Å²) in [4.78, 5) is 89.3. The molecule has 0 amide bonds. The minimum absolute atomic E-state index is 0.0242. The monoisotopic (exact) mass is 1530 g/mol. The number of ether oxygens (including phenoxy) is 1. The van der Waals surface area contributed by atoms with Crippen LogP contribution in [0.5, 0.6) is 0 Å². The van der Waals surface area contributed by atoms with Crippen LogP contribution in [0, 0.1) is 75.0 Å². The first-order valence-electron chi connectivity index (χ1n) is 42.0. The topological polar surface area (TPSA) is 272 Å². The molecule has 0 aliphatic carbocycles. The van der Waals surface area contributed by atoms with Crippen LogP contribution in [0.1, 0.15) is 190 Å². The molecule has 16 rings (SSSR count). The number of aliphatic hydroxyl groups is 4. The average Bonchev–Trinajstić information content (AvgIpc) is 1.55. The van der Waals surface area contributed by atoms with Crippen molar-refractivity contribution in [1.82, 2.24) is 19.6 Å². The van der Waals surface area contributed by atoms with Gasteiger partial charge in [-0.3, -0.25) is 44.4 Å². The smallest absolute Gasteiger partial charge is 0.373 e. The maximum absolute atomic E-state index is 12.3.